The summed E-state index contributed by atoms with van der Waals surface area (Å²) in [5.74, 6) is -0.143. The molecule has 6 nitrogen and oxygen atoms in total. The minimum Gasteiger partial charge on any atom is -0.391 e. The Kier molecular flexibility index (Phi) is 19.9. The summed E-state index contributed by atoms with van der Waals surface area (Å²) in [4.78, 5) is 31.7. The molecule has 0 radical (unpaired) electrons. The average Bonchev–Trinajstić information content (AvgIpc) is 2.70. The van der Waals surface area contributed by atoms with Gasteiger partial charge in [0.15, 0.2) is 0 Å². The highest BCUT2D eigenvalue weighted by Gasteiger charge is 2.21. The maximum atomic E-state index is 12.2. The van der Waals surface area contributed by atoms with E-state index in [0.29, 0.717) is 19.3 Å². The lowest BCUT2D eigenvalue weighted by atomic mass is 10.0. The van der Waals surface area contributed by atoms with E-state index in [-0.39, 0.29) is 25.2 Å². The van der Waals surface area contributed by atoms with Crippen molar-refractivity contribution in [1.29, 1.82) is 0 Å². The first kappa shape index (κ1) is 30.6. The molecule has 0 aromatic rings. The van der Waals surface area contributed by atoms with E-state index in [2.05, 4.69) is 6.92 Å². The molecule has 3 N–H and O–H groups in total. The van der Waals surface area contributed by atoms with E-state index < -0.39 is 13.7 Å². The highest BCUT2D eigenvalue weighted by atomic mass is 31.2. The summed E-state index contributed by atoms with van der Waals surface area (Å²) in [6.07, 6.45) is 18.7. The maximum absolute atomic E-state index is 12.2. The van der Waals surface area contributed by atoms with Gasteiger partial charge in [0, 0.05) is 19.5 Å². The molecule has 1 atom stereocenters. The molecule has 0 saturated carbocycles. The van der Waals surface area contributed by atoms with E-state index in [9.17, 15) is 14.5 Å². The fourth-order valence-corrected chi connectivity index (χ4v) is 4.36. The third-order valence-electron chi connectivity index (χ3n) is 5.80. The summed E-state index contributed by atoms with van der Waals surface area (Å²) in [6, 6.07) is 0. The molecule has 0 heterocycles. The summed E-state index contributed by atoms with van der Waals surface area (Å²) >= 11 is 0. The van der Waals surface area contributed by atoms with Crippen LogP contribution in [0.25, 0.3) is 0 Å². The molecule has 0 bridgehead atoms. The first-order chi connectivity index (χ1) is 14.8. The number of amides is 1. The molecular formula is C24H50NO5P. The largest absolute Gasteiger partial charge is 0.391 e. The second kappa shape index (κ2) is 20.2. The van der Waals surface area contributed by atoms with Gasteiger partial charge in [-0.15, -0.1) is 0 Å². The standard InChI is InChI=1S/C24H50NO5P/c1-3-5-6-7-8-9-10-11-12-13-14-15-16-17-19-23(26)22-25(24(27)18-4-2)20-21-31(28,29)30/h23,26H,3-22H2,1-2H3,(H2,28,29,30). The quantitative estimate of drug-likeness (QED) is 0.135. The van der Waals surface area contributed by atoms with Gasteiger partial charge in [-0.2, -0.15) is 0 Å². The van der Waals surface area contributed by atoms with Crippen LogP contribution in [0.2, 0.25) is 0 Å². The number of hydrogen-bond donors (Lipinski definition) is 3. The van der Waals surface area contributed by atoms with Crippen molar-refractivity contribution in [2.75, 3.05) is 19.3 Å². The van der Waals surface area contributed by atoms with Crippen molar-refractivity contribution < 1.29 is 24.3 Å². The van der Waals surface area contributed by atoms with Crippen LogP contribution in [0, 0.1) is 0 Å². The first-order valence-corrected chi connectivity index (χ1v) is 14.6. The predicted octanol–water partition coefficient (Wildman–Crippen LogP) is 6.03. The second-order valence-electron chi connectivity index (χ2n) is 9.02. The maximum Gasteiger partial charge on any atom is 0.327 e. The zero-order valence-electron chi connectivity index (χ0n) is 20.3. The fraction of sp³-hybridized carbons (Fsp3) is 0.958. The Morgan fingerprint density at radius 3 is 1.65 bits per heavy atom. The highest BCUT2D eigenvalue weighted by Crippen LogP contribution is 2.33. The first-order valence-electron chi connectivity index (χ1n) is 12.8. The molecule has 0 aliphatic rings. The molecule has 0 aromatic carbocycles. The minimum atomic E-state index is -4.15. The van der Waals surface area contributed by atoms with Crippen molar-refractivity contribution >= 4 is 13.5 Å². The Morgan fingerprint density at radius 1 is 0.774 bits per heavy atom. The number of carbonyl (C=O) groups excluding carboxylic acids is 1. The van der Waals surface area contributed by atoms with Crippen molar-refractivity contribution in [3.05, 3.63) is 0 Å². The zero-order chi connectivity index (χ0) is 23.4. The van der Waals surface area contributed by atoms with Crippen LogP contribution in [0.4, 0.5) is 0 Å². The number of aliphatic hydroxyl groups is 1. The van der Waals surface area contributed by atoms with E-state index in [1.54, 1.807) is 0 Å². The van der Waals surface area contributed by atoms with E-state index >= 15 is 0 Å². The van der Waals surface area contributed by atoms with Crippen LogP contribution in [0.3, 0.4) is 0 Å². The van der Waals surface area contributed by atoms with Gasteiger partial charge in [0.05, 0.1) is 12.3 Å². The molecular weight excluding hydrogens is 413 g/mol. The van der Waals surface area contributed by atoms with Crippen molar-refractivity contribution in [3.63, 3.8) is 0 Å². The molecule has 0 fully saturated rings. The molecule has 7 heteroatoms. The van der Waals surface area contributed by atoms with E-state index in [4.69, 9.17) is 9.79 Å². The Balaban J connectivity index is 3.74. The molecule has 0 spiro atoms. The summed E-state index contributed by atoms with van der Waals surface area (Å²) < 4.78 is 11.1. The molecule has 1 amide bonds. The lowest BCUT2D eigenvalue weighted by Gasteiger charge is -2.25. The minimum absolute atomic E-state index is 0.00108. The average molecular weight is 464 g/mol. The Hall–Kier alpha value is -0.420. The van der Waals surface area contributed by atoms with Crippen LogP contribution in [0.15, 0.2) is 0 Å². The van der Waals surface area contributed by atoms with E-state index in [1.165, 1.54) is 81.9 Å². The molecule has 0 rings (SSSR count). The third-order valence-corrected chi connectivity index (χ3v) is 6.58. The second-order valence-corrected chi connectivity index (χ2v) is 10.8. The van der Waals surface area contributed by atoms with Crippen LogP contribution in [0.5, 0.6) is 0 Å². The SMILES string of the molecule is CCCCCCCCCCCCCCCCC(O)CN(CCP(=O)(O)O)C(=O)CCC. The molecule has 0 saturated heterocycles. The van der Waals surface area contributed by atoms with E-state index in [0.717, 1.165) is 12.8 Å². The Morgan fingerprint density at radius 2 is 1.23 bits per heavy atom. The van der Waals surface area contributed by atoms with Crippen molar-refractivity contribution in [3.8, 4) is 0 Å². The lowest BCUT2D eigenvalue weighted by molar-refractivity contribution is -0.132. The number of unbranched alkanes of at least 4 members (excludes halogenated alkanes) is 13. The molecule has 1 unspecified atom stereocenters. The zero-order valence-corrected chi connectivity index (χ0v) is 21.2. The topological polar surface area (TPSA) is 98.1 Å². The third kappa shape index (κ3) is 21.2. The van der Waals surface area contributed by atoms with Gasteiger partial charge >= 0.3 is 7.60 Å². The molecule has 0 aliphatic heterocycles. The summed E-state index contributed by atoms with van der Waals surface area (Å²) in [6.45, 7) is 4.31. The van der Waals surface area contributed by atoms with Crippen LogP contribution in [-0.4, -0.2) is 51.1 Å². The summed E-state index contributed by atoms with van der Waals surface area (Å²) in [5.41, 5.74) is 0. The van der Waals surface area contributed by atoms with Crippen LogP contribution in [-0.2, 0) is 9.36 Å². The number of hydrogen-bond acceptors (Lipinski definition) is 3. The highest BCUT2D eigenvalue weighted by molar-refractivity contribution is 7.51. The van der Waals surface area contributed by atoms with Gasteiger partial charge in [-0.1, -0.05) is 104 Å². The van der Waals surface area contributed by atoms with Gasteiger partial charge in [-0.3, -0.25) is 9.36 Å². The number of nitrogens with zero attached hydrogens (tertiary/aromatic N) is 1. The normalized spacial score (nSPS) is 12.8. The van der Waals surface area contributed by atoms with Gasteiger partial charge in [0.1, 0.15) is 0 Å². The number of rotatable bonds is 22. The number of aliphatic hydroxyl groups excluding tert-OH is 1. The van der Waals surface area contributed by atoms with E-state index in [1.807, 2.05) is 6.92 Å². The summed E-state index contributed by atoms with van der Waals surface area (Å²) in [5, 5.41) is 10.3. The van der Waals surface area contributed by atoms with Crippen molar-refractivity contribution in [1.82, 2.24) is 4.90 Å². The predicted molar refractivity (Wildman–Crippen MR) is 129 cm³/mol. The monoisotopic (exact) mass is 463 g/mol. The van der Waals surface area contributed by atoms with Crippen LogP contribution >= 0.6 is 7.60 Å². The van der Waals surface area contributed by atoms with Crippen LogP contribution < -0.4 is 0 Å². The van der Waals surface area contributed by atoms with Gasteiger partial charge in [-0.05, 0) is 12.8 Å². The molecule has 0 aromatic heterocycles. The van der Waals surface area contributed by atoms with Gasteiger partial charge in [0.2, 0.25) is 5.91 Å². The molecule has 186 valence electrons. The van der Waals surface area contributed by atoms with Gasteiger partial charge in [0.25, 0.3) is 0 Å². The molecule has 0 aliphatic carbocycles. The Bertz CT molecular complexity index is 469. The van der Waals surface area contributed by atoms with Crippen molar-refractivity contribution in [2.24, 2.45) is 0 Å². The lowest BCUT2D eigenvalue weighted by Crippen LogP contribution is -2.39. The Labute approximate surface area is 191 Å². The van der Waals surface area contributed by atoms with Gasteiger partial charge < -0.3 is 19.8 Å². The summed E-state index contributed by atoms with van der Waals surface area (Å²) in [7, 11) is -4.15. The molecule has 31 heavy (non-hydrogen) atoms. The fourth-order valence-electron chi connectivity index (χ4n) is 3.86. The van der Waals surface area contributed by atoms with Crippen molar-refractivity contribution in [2.45, 2.75) is 129 Å². The number of carbonyl (C=O) groups is 1. The van der Waals surface area contributed by atoms with Gasteiger partial charge in [-0.25, -0.2) is 0 Å². The smallest absolute Gasteiger partial charge is 0.327 e. The van der Waals surface area contributed by atoms with Crippen LogP contribution in [0.1, 0.15) is 123 Å².